The number of methoxy groups -OCH3 is 1. The Labute approximate surface area is 252 Å². The summed E-state index contributed by atoms with van der Waals surface area (Å²) in [5.41, 5.74) is 2.51. The van der Waals surface area contributed by atoms with Crippen molar-refractivity contribution in [1.29, 1.82) is 0 Å². The molecule has 0 amide bonds. The van der Waals surface area contributed by atoms with Gasteiger partial charge in [0, 0.05) is 45.9 Å². The van der Waals surface area contributed by atoms with Crippen LogP contribution in [0.4, 0.5) is 8.78 Å². The maximum atomic E-state index is 13.6. The van der Waals surface area contributed by atoms with E-state index in [9.17, 15) is 18.4 Å². The largest absolute Gasteiger partial charge is 0.492 e. The number of ether oxygens (including phenoxy) is 3. The Hall–Kier alpha value is -2.94. The van der Waals surface area contributed by atoms with Crippen LogP contribution in [-0.4, -0.2) is 47.3 Å². The van der Waals surface area contributed by atoms with Crippen molar-refractivity contribution in [2.75, 3.05) is 20.3 Å². The number of thiazole rings is 2. The van der Waals surface area contributed by atoms with Crippen LogP contribution in [0.1, 0.15) is 36.8 Å². The number of carbonyl (C=O) groups is 2. The van der Waals surface area contributed by atoms with Gasteiger partial charge in [-0.2, -0.15) is 0 Å². The van der Waals surface area contributed by atoms with Gasteiger partial charge in [0.15, 0.2) is 0 Å². The Morgan fingerprint density at radius 1 is 0.875 bits per heavy atom. The highest BCUT2D eigenvalue weighted by molar-refractivity contribution is 9.10. The van der Waals surface area contributed by atoms with Crippen LogP contribution in [0, 0.1) is 11.6 Å². The van der Waals surface area contributed by atoms with Crippen LogP contribution >= 0.6 is 54.5 Å². The molecule has 0 saturated heterocycles. The summed E-state index contributed by atoms with van der Waals surface area (Å²) in [7, 11) is 1.32. The predicted octanol–water partition coefficient (Wildman–Crippen LogP) is 7.41. The summed E-state index contributed by atoms with van der Waals surface area (Å²) in [4.78, 5) is 32.8. The minimum absolute atomic E-state index is 0. The van der Waals surface area contributed by atoms with E-state index < -0.39 is 23.6 Å². The molecule has 210 valence electrons. The summed E-state index contributed by atoms with van der Waals surface area (Å²) >= 11 is 8.68. The maximum Gasteiger partial charge on any atom is 0.367 e. The van der Waals surface area contributed by atoms with Crippen molar-refractivity contribution in [2.45, 2.75) is 20.3 Å². The minimum atomic E-state index is -1.05. The Morgan fingerprint density at radius 3 is 1.77 bits per heavy atom. The summed E-state index contributed by atoms with van der Waals surface area (Å²) in [6, 6.07) is 5.80. The second kappa shape index (κ2) is 12.3. The van der Waals surface area contributed by atoms with Gasteiger partial charge in [0.25, 0.3) is 0 Å². The van der Waals surface area contributed by atoms with E-state index in [4.69, 9.17) is 14.6 Å². The zero-order valence-electron chi connectivity index (χ0n) is 19.8. The molecule has 6 rings (SSSR count). The van der Waals surface area contributed by atoms with Crippen LogP contribution in [0.25, 0.3) is 22.5 Å². The Bertz CT molecular complexity index is 1630. The van der Waals surface area contributed by atoms with Crippen LogP contribution in [-0.2, 0) is 17.6 Å². The fraction of sp³-hybridized carbons (Fsp3) is 0.231. The second-order valence-electron chi connectivity index (χ2n) is 8.10. The average molecular weight is 718 g/mol. The number of aromatic nitrogens is 2. The topological polar surface area (TPSA) is 108 Å². The second-order valence-corrected chi connectivity index (χ2v) is 12.0. The number of carboxylic acids is 1. The van der Waals surface area contributed by atoms with Crippen LogP contribution in [0.2, 0.25) is 0 Å². The molecular weight excluding hydrogens is 698 g/mol. The van der Waals surface area contributed by atoms with Gasteiger partial charge in [0.1, 0.15) is 23.1 Å². The number of carboxylic acid groups (broad SMARTS) is 1. The van der Waals surface area contributed by atoms with E-state index in [0.717, 1.165) is 21.1 Å². The third-order valence-electron chi connectivity index (χ3n) is 5.67. The van der Waals surface area contributed by atoms with Gasteiger partial charge in [-0.15, -0.1) is 22.7 Å². The van der Waals surface area contributed by atoms with E-state index >= 15 is 0 Å². The van der Waals surface area contributed by atoms with Crippen molar-refractivity contribution in [3.05, 3.63) is 64.6 Å². The molecule has 2 aromatic carbocycles. The van der Waals surface area contributed by atoms with Gasteiger partial charge in [0.2, 0.25) is 10.0 Å². The standard InChI is InChI=1S/C13H9BrFNO3S.C12H7BrFNO3S.CH4/c1-18-13(17)12-16-11-6-4-7(14)8(15)5-9(6)19-3-2-10(11)20-12;13-6-3-5-8(4-7(6)14)18-2-1-9-10(5)15-11(19-9)12(16)17;/h4-5H,2-3H2,1H3;3-4H,1-2H2,(H,16,17);1H4. The lowest BCUT2D eigenvalue weighted by molar-refractivity contribution is 0.0599. The maximum absolute atomic E-state index is 13.6. The number of aromatic carboxylic acids is 1. The van der Waals surface area contributed by atoms with Gasteiger partial charge >= 0.3 is 11.9 Å². The molecule has 0 aliphatic carbocycles. The molecule has 0 unspecified atom stereocenters. The third-order valence-corrected chi connectivity index (χ3v) is 9.08. The summed E-state index contributed by atoms with van der Waals surface area (Å²) in [5.74, 6) is -1.51. The van der Waals surface area contributed by atoms with E-state index in [1.165, 1.54) is 30.6 Å². The molecular formula is C26H20Br2F2N2O6S2. The molecule has 2 aliphatic heterocycles. The third kappa shape index (κ3) is 5.90. The molecule has 0 spiro atoms. The lowest BCUT2D eigenvalue weighted by atomic mass is 10.1. The first-order valence-electron chi connectivity index (χ1n) is 11.2. The number of hydrogen-bond donors (Lipinski definition) is 1. The van der Waals surface area contributed by atoms with E-state index in [1.807, 2.05) is 0 Å². The number of benzene rings is 2. The lowest BCUT2D eigenvalue weighted by Gasteiger charge is -2.07. The number of rotatable bonds is 2. The summed E-state index contributed by atoms with van der Waals surface area (Å²) in [6.45, 7) is 0.798. The van der Waals surface area contributed by atoms with E-state index in [2.05, 4.69) is 46.6 Å². The van der Waals surface area contributed by atoms with Gasteiger partial charge in [0.05, 0.1) is 40.7 Å². The molecule has 0 bridgehead atoms. The number of fused-ring (bicyclic) bond motifs is 6. The van der Waals surface area contributed by atoms with E-state index in [0.29, 0.717) is 74.0 Å². The van der Waals surface area contributed by atoms with Crippen molar-refractivity contribution in [3.8, 4) is 34.0 Å². The van der Waals surface area contributed by atoms with Gasteiger partial charge in [-0.05, 0) is 44.0 Å². The highest BCUT2D eigenvalue weighted by Gasteiger charge is 2.25. The quantitative estimate of drug-likeness (QED) is 0.214. The highest BCUT2D eigenvalue weighted by atomic mass is 79.9. The molecule has 2 aliphatic rings. The molecule has 0 fully saturated rings. The highest BCUT2D eigenvalue weighted by Crippen LogP contribution is 2.41. The monoisotopic (exact) mass is 716 g/mol. The van der Waals surface area contributed by atoms with Crippen LogP contribution < -0.4 is 9.47 Å². The van der Waals surface area contributed by atoms with Gasteiger partial charge in [-0.3, -0.25) is 0 Å². The van der Waals surface area contributed by atoms with E-state index in [1.54, 1.807) is 12.1 Å². The van der Waals surface area contributed by atoms with Gasteiger partial charge in [-0.1, -0.05) is 7.43 Å². The van der Waals surface area contributed by atoms with Gasteiger partial charge in [-0.25, -0.2) is 28.3 Å². The fourth-order valence-electron chi connectivity index (χ4n) is 3.90. The normalized spacial score (nSPS) is 12.7. The van der Waals surface area contributed by atoms with Gasteiger partial charge < -0.3 is 19.3 Å². The van der Waals surface area contributed by atoms with Crippen molar-refractivity contribution in [1.82, 2.24) is 9.97 Å². The summed E-state index contributed by atoms with van der Waals surface area (Å²) in [6.07, 6.45) is 1.19. The smallest absolute Gasteiger partial charge is 0.367 e. The number of nitrogens with zero attached hydrogens (tertiary/aromatic N) is 2. The average Bonchev–Trinajstić information content (AvgIpc) is 3.45. The van der Waals surface area contributed by atoms with E-state index in [-0.39, 0.29) is 12.4 Å². The molecule has 8 nitrogen and oxygen atoms in total. The molecule has 2 aromatic heterocycles. The number of carbonyl (C=O) groups excluding carboxylic acids is 1. The Kier molecular flexibility index (Phi) is 9.22. The molecule has 1 N–H and O–H groups in total. The van der Waals surface area contributed by atoms with Crippen molar-refractivity contribution in [3.63, 3.8) is 0 Å². The van der Waals surface area contributed by atoms with Crippen LogP contribution in [0.15, 0.2) is 33.2 Å². The molecule has 14 heteroatoms. The minimum Gasteiger partial charge on any atom is -0.492 e. The van der Waals surface area contributed by atoms with Crippen LogP contribution in [0.3, 0.4) is 0 Å². The molecule has 4 heterocycles. The fourth-order valence-corrected chi connectivity index (χ4v) is 6.46. The SMILES string of the molecule is C.COC(=O)c1nc2c(s1)CCOc1cc(F)c(Br)cc1-2.O=C(O)c1nc2c(s1)CCOc1cc(F)c(Br)cc1-2. The first-order chi connectivity index (χ1) is 18.7. The number of hydrogen-bond acceptors (Lipinski definition) is 9. The molecule has 40 heavy (non-hydrogen) atoms. The first-order valence-corrected chi connectivity index (χ1v) is 14.4. The lowest BCUT2D eigenvalue weighted by Crippen LogP contribution is -2.01. The van der Waals surface area contributed by atoms with Crippen LogP contribution in [0.5, 0.6) is 11.5 Å². The first kappa shape index (κ1) is 30.0. The van der Waals surface area contributed by atoms with Crippen molar-refractivity contribution in [2.24, 2.45) is 0 Å². The summed E-state index contributed by atoms with van der Waals surface area (Å²) in [5, 5.41) is 9.34. The number of esters is 1. The Morgan fingerprint density at radius 2 is 1.32 bits per heavy atom. The zero-order valence-corrected chi connectivity index (χ0v) is 24.7. The predicted molar refractivity (Wildman–Crippen MR) is 154 cm³/mol. The number of halogens is 4. The van der Waals surface area contributed by atoms with Crippen molar-refractivity contribution < 1.29 is 37.7 Å². The van der Waals surface area contributed by atoms with Crippen molar-refractivity contribution >= 4 is 66.5 Å². The molecule has 0 radical (unpaired) electrons. The molecule has 4 aromatic rings. The Balaban J connectivity index is 0.000000181. The molecule has 0 saturated carbocycles. The zero-order chi connectivity index (χ0) is 27.8. The molecule has 0 atom stereocenters. The summed E-state index contributed by atoms with van der Waals surface area (Å²) < 4.78 is 43.4.